The van der Waals surface area contributed by atoms with Gasteiger partial charge in [0.25, 0.3) is 5.91 Å². The lowest BCUT2D eigenvalue weighted by Crippen LogP contribution is -2.41. The standard InChI is InChI=1S/C22H24N4O4S/c1-14(2)26-21-17(13-23-26)16(22(27)25-5-9-31(28)10-6-25)12-18(24-21)15-3-4-19-20(11-15)30-8-7-29-19/h3-4,11-14H,5-10H2,1-2H3. The van der Waals surface area contributed by atoms with E-state index in [1.54, 1.807) is 11.1 Å². The molecule has 0 saturated carbocycles. The van der Waals surface area contributed by atoms with E-state index < -0.39 is 10.8 Å². The van der Waals surface area contributed by atoms with Crippen molar-refractivity contribution in [3.8, 4) is 22.8 Å². The molecule has 0 atom stereocenters. The van der Waals surface area contributed by atoms with Crippen molar-refractivity contribution in [1.29, 1.82) is 0 Å². The molecular weight excluding hydrogens is 416 g/mol. The fraction of sp³-hybridized carbons (Fsp3) is 0.409. The molecule has 162 valence electrons. The van der Waals surface area contributed by atoms with Gasteiger partial charge in [-0.25, -0.2) is 9.67 Å². The van der Waals surface area contributed by atoms with Crippen LogP contribution in [0.4, 0.5) is 0 Å². The highest BCUT2D eigenvalue weighted by molar-refractivity contribution is 7.85. The predicted molar refractivity (Wildman–Crippen MR) is 118 cm³/mol. The van der Waals surface area contributed by atoms with E-state index in [0.717, 1.165) is 10.9 Å². The number of carbonyl (C=O) groups excluding carboxylic acids is 1. The molecule has 1 saturated heterocycles. The van der Waals surface area contributed by atoms with Gasteiger partial charge in [0.15, 0.2) is 17.1 Å². The largest absolute Gasteiger partial charge is 0.486 e. The van der Waals surface area contributed by atoms with Gasteiger partial charge < -0.3 is 14.4 Å². The highest BCUT2D eigenvalue weighted by atomic mass is 32.2. The summed E-state index contributed by atoms with van der Waals surface area (Å²) in [6.45, 7) is 6.09. The van der Waals surface area contributed by atoms with Crippen LogP contribution in [0.1, 0.15) is 30.2 Å². The van der Waals surface area contributed by atoms with Crippen LogP contribution in [-0.2, 0) is 10.8 Å². The van der Waals surface area contributed by atoms with Crippen LogP contribution in [-0.4, -0.2) is 67.6 Å². The summed E-state index contributed by atoms with van der Waals surface area (Å²) >= 11 is 0. The maximum atomic E-state index is 13.4. The van der Waals surface area contributed by atoms with Crippen LogP contribution in [0.25, 0.3) is 22.3 Å². The van der Waals surface area contributed by atoms with Gasteiger partial charge in [0.2, 0.25) is 0 Å². The van der Waals surface area contributed by atoms with Crippen LogP contribution in [0, 0.1) is 0 Å². The van der Waals surface area contributed by atoms with Crippen LogP contribution in [0.2, 0.25) is 0 Å². The molecule has 2 aliphatic rings. The van der Waals surface area contributed by atoms with Crippen molar-refractivity contribution in [2.75, 3.05) is 37.8 Å². The van der Waals surface area contributed by atoms with E-state index >= 15 is 0 Å². The number of hydrogen-bond acceptors (Lipinski definition) is 6. The average Bonchev–Trinajstić information content (AvgIpc) is 3.22. The van der Waals surface area contributed by atoms with Gasteiger partial charge in [0, 0.05) is 47.0 Å². The first-order chi connectivity index (χ1) is 15.0. The second-order valence-corrected chi connectivity index (χ2v) is 9.67. The van der Waals surface area contributed by atoms with Crippen molar-refractivity contribution in [3.63, 3.8) is 0 Å². The lowest BCUT2D eigenvalue weighted by Gasteiger charge is -2.26. The van der Waals surface area contributed by atoms with E-state index in [0.29, 0.717) is 66.2 Å². The summed E-state index contributed by atoms with van der Waals surface area (Å²) in [7, 11) is -0.847. The average molecular weight is 441 g/mol. The topological polar surface area (TPSA) is 86.6 Å². The van der Waals surface area contributed by atoms with Crippen LogP contribution < -0.4 is 9.47 Å². The SMILES string of the molecule is CC(C)n1ncc2c(C(=O)N3CCS(=O)CC3)cc(-c3ccc4c(c3)OCCO4)nc21. The Morgan fingerprint density at radius 2 is 1.84 bits per heavy atom. The molecule has 3 aromatic rings. The molecule has 4 heterocycles. The molecule has 2 aromatic heterocycles. The Morgan fingerprint density at radius 1 is 1.10 bits per heavy atom. The highest BCUT2D eigenvalue weighted by Gasteiger charge is 2.26. The zero-order chi connectivity index (χ0) is 21.5. The normalized spacial score (nSPS) is 16.8. The van der Waals surface area contributed by atoms with Crippen LogP contribution in [0.15, 0.2) is 30.5 Å². The number of amides is 1. The van der Waals surface area contributed by atoms with Crippen molar-refractivity contribution in [1.82, 2.24) is 19.7 Å². The molecule has 0 bridgehead atoms. The Labute approximate surface area is 182 Å². The number of pyridine rings is 1. The molecule has 2 aliphatic heterocycles. The number of aromatic nitrogens is 3. The maximum Gasteiger partial charge on any atom is 0.254 e. The second-order valence-electron chi connectivity index (χ2n) is 7.97. The predicted octanol–water partition coefficient (Wildman–Crippen LogP) is 2.65. The first kappa shape index (κ1) is 20.0. The van der Waals surface area contributed by atoms with E-state index in [9.17, 15) is 9.00 Å². The minimum atomic E-state index is -0.847. The summed E-state index contributed by atoms with van der Waals surface area (Å²) in [6, 6.07) is 7.62. The van der Waals surface area contributed by atoms with Crippen LogP contribution >= 0.6 is 0 Å². The smallest absolute Gasteiger partial charge is 0.254 e. The van der Waals surface area contributed by atoms with Crippen molar-refractivity contribution < 1.29 is 18.5 Å². The Hall–Kier alpha value is -2.94. The van der Waals surface area contributed by atoms with Crippen molar-refractivity contribution >= 4 is 27.7 Å². The number of benzene rings is 1. The van der Waals surface area contributed by atoms with Gasteiger partial charge in [-0.1, -0.05) is 0 Å². The summed E-state index contributed by atoms with van der Waals surface area (Å²) in [5.74, 6) is 2.34. The summed E-state index contributed by atoms with van der Waals surface area (Å²) in [5, 5.41) is 5.22. The first-order valence-electron chi connectivity index (χ1n) is 10.4. The first-order valence-corrected chi connectivity index (χ1v) is 11.9. The summed E-state index contributed by atoms with van der Waals surface area (Å²) in [6.07, 6.45) is 1.71. The lowest BCUT2D eigenvalue weighted by atomic mass is 10.0. The van der Waals surface area contributed by atoms with Crippen molar-refractivity contribution in [2.45, 2.75) is 19.9 Å². The van der Waals surface area contributed by atoms with Crippen molar-refractivity contribution in [3.05, 3.63) is 36.0 Å². The van der Waals surface area contributed by atoms with Gasteiger partial charge >= 0.3 is 0 Å². The lowest BCUT2D eigenvalue weighted by molar-refractivity contribution is 0.0773. The highest BCUT2D eigenvalue weighted by Crippen LogP contribution is 2.35. The van der Waals surface area contributed by atoms with Crippen LogP contribution in [0.5, 0.6) is 11.5 Å². The zero-order valence-corrected chi connectivity index (χ0v) is 18.4. The minimum absolute atomic E-state index is 0.0776. The van der Waals surface area contributed by atoms with Crippen LogP contribution in [0.3, 0.4) is 0 Å². The van der Waals surface area contributed by atoms with Gasteiger partial charge in [-0.2, -0.15) is 5.10 Å². The number of rotatable bonds is 3. The third-order valence-corrected chi connectivity index (χ3v) is 6.87. The summed E-state index contributed by atoms with van der Waals surface area (Å²) < 4.78 is 24.9. The number of nitrogens with zero attached hydrogens (tertiary/aromatic N) is 4. The monoisotopic (exact) mass is 440 g/mol. The molecule has 0 aliphatic carbocycles. The number of hydrogen-bond donors (Lipinski definition) is 0. The minimum Gasteiger partial charge on any atom is -0.486 e. The molecule has 1 fully saturated rings. The van der Waals surface area contributed by atoms with Gasteiger partial charge in [-0.05, 0) is 38.1 Å². The van der Waals surface area contributed by atoms with Gasteiger partial charge in [-0.3, -0.25) is 9.00 Å². The number of carbonyl (C=O) groups is 1. The maximum absolute atomic E-state index is 13.4. The molecule has 9 heteroatoms. The Bertz CT molecular complexity index is 1180. The van der Waals surface area contributed by atoms with Gasteiger partial charge in [0.1, 0.15) is 13.2 Å². The second kappa shape index (κ2) is 7.96. The molecule has 8 nitrogen and oxygen atoms in total. The molecule has 5 rings (SSSR count). The number of ether oxygens (including phenoxy) is 2. The molecule has 0 radical (unpaired) electrons. The molecule has 1 amide bonds. The number of fused-ring (bicyclic) bond motifs is 2. The van der Waals surface area contributed by atoms with E-state index in [2.05, 4.69) is 5.10 Å². The molecule has 31 heavy (non-hydrogen) atoms. The van der Waals surface area contributed by atoms with E-state index in [1.807, 2.05) is 42.8 Å². The fourth-order valence-corrected chi connectivity index (χ4v) is 4.99. The molecule has 1 aromatic carbocycles. The molecule has 0 spiro atoms. The Morgan fingerprint density at radius 3 is 2.58 bits per heavy atom. The van der Waals surface area contributed by atoms with Crippen molar-refractivity contribution in [2.24, 2.45) is 0 Å². The fourth-order valence-electron chi connectivity index (χ4n) is 3.93. The van der Waals surface area contributed by atoms with E-state index in [-0.39, 0.29) is 11.9 Å². The van der Waals surface area contributed by atoms with E-state index in [1.165, 1.54) is 0 Å². The Kier molecular flexibility index (Phi) is 5.13. The summed E-state index contributed by atoms with van der Waals surface area (Å²) in [4.78, 5) is 20.1. The Balaban J connectivity index is 1.63. The third-order valence-electron chi connectivity index (χ3n) is 5.59. The summed E-state index contributed by atoms with van der Waals surface area (Å²) in [5.41, 5.74) is 2.76. The third kappa shape index (κ3) is 3.67. The van der Waals surface area contributed by atoms with E-state index in [4.69, 9.17) is 14.5 Å². The molecular formula is C22H24N4O4S. The zero-order valence-electron chi connectivity index (χ0n) is 17.5. The van der Waals surface area contributed by atoms with Gasteiger partial charge in [-0.15, -0.1) is 0 Å². The quantitative estimate of drug-likeness (QED) is 0.622. The molecule has 0 unspecified atom stereocenters. The van der Waals surface area contributed by atoms with Gasteiger partial charge in [0.05, 0.1) is 22.8 Å². The molecule has 0 N–H and O–H groups in total.